The Bertz CT molecular complexity index is 2490. The number of benzene rings is 7. The van der Waals surface area contributed by atoms with Crippen molar-refractivity contribution in [3.8, 4) is 0 Å². The lowest BCUT2D eigenvalue weighted by atomic mass is 10.0. The van der Waals surface area contributed by atoms with E-state index in [1.165, 1.54) is 0 Å². The Hall–Kier alpha value is -6.86. The van der Waals surface area contributed by atoms with Gasteiger partial charge in [0, 0.05) is 32.9 Å². The van der Waals surface area contributed by atoms with Gasteiger partial charge in [0.15, 0.2) is 0 Å². The van der Waals surface area contributed by atoms with Crippen molar-refractivity contribution in [3.63, 3.8) is 0 Å². The van der Waals surface area contributed by atoms with E-state index in [9.17, 15) is 9.81 Å². The first-order valence-corrected chi connectivity index (χ1v) is 16.0. The number of nitroso groups, excluding NO2 is 2. The summed E-state index contributed by atoms with van der Waals surface area (Å²) in [5, 5.41) is 11.1. The van der Waals surface area contributed by atoms with Crippen molar-refractivity contribution in [2.75, 3.05) is 9.80 Å². The van der Waals surface area contributed by atoms with Gasteiger partial charge in [-0.3, -0.25) is 0 Å². The van der Waals surface area contributed by atoms with Crippen LogP contribution in [0.15, 0.2) is 174 Å². The molecule has 0 saturated heterocycles. The Morgan fingerprint density at radius 2 is 0.776 bits per heavy atom. The molecule has 9 aromatic rings. The van der Waals surface area contributed by atoms with Gasteiger partial charge in [-0.25, -0.2) is 0 Å². The Balaban J connectivity index is 1.38. The van der Waals surface area contributed by atoms with Gasteiger partial charge in [-0.05, 0) is 83.2 Å². The summed E-state index contributed by atoms with van der Waals surface area (Å²) in [6.45, 7) is 0. The molecular weight excluding hydrogens is 606 g/mol. The molecule has 0 N–H and O–H groups in total. The van der Waals surface area contributed by atoms with E-state index in [0.717, 1.165) is 60.8 Å². The van der Waals surface area contributed by atoms with E-state index in [2.05, 4.69) is 79.2 Å². The lowest BCUT2D eigenvalue weighted by Crippen LogP contribution is -2.10. The fourth-order valence-corrected chi connectivity index (χ4v) is 7.34. The van der Waals surface area contributed by atoms with Crippen LogP contribution >= 0.6 is 0 Å². The normalized spacial score (nSPS) is 11.4. The smallest absolute Gasteiger partial charge is 0.131 e. The first kappa shape index (κ1) is 28.4. The minimum Gasteiger partial charge on any atom is -0.308 e. The van der Waals surface area contributed by atoms with Crippen LogP contribution in [0.5, 0.6) is 0 Å². The molecule has 2 aromatic heterocycles. The third kappa shape index (κ3) is 4.29. The molecule has 0 bridgehead atoms. The van der Waals surface area contributed by atoms with E-state index in [-0.39, 0.29) is 0 Å². The molecule has 49 heavy (non-hydrogen) atoms. The van der Waals surface area contributed by atoms with Crippen LogP contribution in [0, 0.1) is 9.81 Å². The van der Waals surface area contributed by atoms with Gasteiger partial charge in [-0.15, -0.1) is 9.81 Å². The molecule has 7 aromatic carbocycles. The number of para-hydroxylation sites is 5. The molecule has 232 valence electrons. The molecule has 0 unspecified atom stereocenters. The predicted octanol–water partition coefficient (Wildman–Crippen LogP) is 12.6. The molecule has 0 aliphatic rings. The summed E-state index contributed by atoms with van der Waals surface area (Å²) < 4.78 is 2.34. The van der Waals surface area contributed by atoms with Crippen LogP contribution in [-0.4, -0.2) is 4.40 Å². The van der Waals surface area contributed by atoms with E-state index in [1.54, 1.807) is 12.1 Å². The lowest BCUT2D eigenvalue weighted by Gasteiger charge is -2.27. The first-order chi connectivity index (χ1) is 24.3. The van der Waals surface area contributed by atoms with E-state index in [0.29, 0.717) is 22.7 Å². The number of hydrogen-bond acceptors (Lipinski definition) is 6. The predicted molar refractivity (Wildman–Crippen MR) is 201 cm³/mol. The van der Waals surface area contributed by atoms with Gasteiger partial charge >= 0.3 is 0 Å². The van der Waals surface area contributed by atoms with Crippen molar-refractivity contribution < 1.29 is 0 Å². The zero-order valence-corrected chi connectivity index (χ0v) is 26.1. The molecule has 0 saturated carbocycles. The summed E-state index contributed by atoms with van der Waals surface area (Å²) in [6.07, 6.45) is 0. The second-order valence-corrected chi connectivity index (χ2v) is 11.9. The van der Waals surface area contributed by atoms with Crippen LogP contribution in [0.1, 0.15) is 0 Å². The summed E-state index contributed by atoms with van der Waals surface area (Å²) in [5.41, 5.74) is 9.02. The molecule has 7 heteroatoms. The van der Waals surface area contributed by atoms with Crippen molar-refractivity contribution in [3.05, 3.63) is 174 Å². The van der Waals surface area contributed by atoms with Crippen LogP contribution in [0.4, 0.5) is 45.5 Å². The second kappa shape index (κ2) is 11.4. The molecule has 0 aliphatic carbocycles. The van der Waals surface area contributed by atoms with Crippen LogP contribution in [0.2, 0.25) is 0 Å². The largest absolute Gasteiger partial charge is 0.308 e. The third-order valence-corrected chi connectivity index (χ3v) is 9.27. The number of hydrogen-bond donors (Lipinski definition) is 0. The molecule has 0 amide bonds. The number of aromatic nitrogens is 1. The Morgan fingerprint density at radius 1 is 0.388 bits per heavy atom. The maximum Gasteiger partial charge on any atom is 0.131 e. The van der Waals surface area contributed by atoms with Crippen LogP contribution in [0.3, 0.4) is 0 Å². The summed E-state index contributed by atoms with van der Waals surface area (Å²) in [7, 11) is 0. The molecule has 0 fully saturated rings. The lowest BCUT2D eigenvalue weighted by molar-refractivity contribution is 1.28. The topological polar surface area (TPSA) is 69.8 Å². The van der Waals surface area contributed by atoms with Crippen LogP contribution in [0.25, 0.3) is 38.1 Å². The van der Waals surface area contributed by atoms with E-state index in [4.69, 9.17) is 0 Å². The molecule has 0 radical (unpaired) electrons. The minimum atomic E-state index is 0.362. The SMILES string of the molecule is O=Nc1ccccc1N(c1ccccc1)c1cccc2c1c1cccc3c4c(N(c5ccccc5)c5ccccc5N=O)cccc4n2c13. The molecular formula is C42H27N5O2. The molecule has 9 rings (SSSR count). The van der Waals surface area contributed by atoms with Gasteiger partial charge in [-0.2, -0.15) is 0 Å². The third-order valence-electron chi connectivity index (χ3n) is 9.27. The maximum atomic E-state index is 12.1. The average Bonchev–Trinajstić information content (AvgIpc) is 3.70. The van der Waals surface area contributed by atoms with Crippen molar-refractivity contribution >= 4 is 83.6 Å². The van der Waals surface area contributed by atoms with E-state index in [1.807, 2.05) is 97.1 Å². The number of fused-ring (bicyclic) bond motifs is 6. The van der Waals surface area contributed by atoms with Gasteiger partial charge in [0.1, 0.15) is 11.4 Å². The van der Waals surface area contributed by atoms with Crippen molar-refractivity contribution in [2.24, 2.45) is 10.4 Å². The van der Waals surface area contributed by atoms with Crippen LogP contribution in [-0.2, 0) is 0 Å². The molecule has 2 heterocycles. The summed E-state index contributed by atoms with van der Waals surface area (Å²) in [5.74, 6) is 0. The van der Waals surface area contributed by atoms with Crippen molar-refractivity contribution in [2.45, 2.75) is 0 Å². The monoisotopic (exact) mass is 633 g/mol. The fourth-order valence-electron chi connectivity index (χ4n) is 7.34. The Kier molecular flexibility index (Phi) is 6.62. The van der Waals surface area contributed by atoms with Gasteiger partial charge in [0.25, 0.3) is 0 Å². The number of nitrogens with zero attached hydrogens (tertiary/aromatic N) is 5. The van der Waals surface area contributed by atoms with Gasteiger partial charge in [0.05, 0.1) is 39.3 Å². The Morgan fingerprint density at radius 3 is 1.22 bits per heavy atom. The highest BCUT2D eigenvalue weighted by Crippen LogP contribution is 2.50. The average molecular weight is 634 g/mol. The molecule has 0 aliphatic heterocycles. The van der Waals surface area contributed by atoms with Gasteiger partial charge < -0.3 is 14.2 Å². The van der Waals surface area contributed by atoms with Gasteiger partial charge in [0.2, 0.25) is 0 Å². The summed E-state index contributed by atoms with van der Waals surface area (Å²) >= 11 is 0. The van der Waals surface area contributed by atoms with E-state index >= 15 is 0 Å². The molecule has 0 atom stereocenters. The van der Waals surface area contributed by atoms with Crippen LogP contribution < -0.4 is 9.80 Å². The minimum absolute atomic E-state index is 0.362. The summed E-state index contributed by atoms with van der Waals surface area (Å²) in [6, 6.07) is 54.1. The zero-order chi connectivity index (χ0) is 32.9. The highest BCUT2D eigenvalue weighted by Gasteiger charge is 2.27. The fraction of sp³-hybridized carbons (Fsp3) is 0. The zero-order valence-electron chi connectivity index (χ0n) is 26.1. The highest BCUT2D eigenvalue weighted by molar-refractivity contribution is 6.28. The van der Waals surface area contributed by atoms with Crippen molar-refractivity contribution in [1.29, 1.82) is 0 Å². The van der Waals surface area contributed by atoms with E-state index < -0.39 is 0 Å². The number of anilines is 6. The number of rotatable bonds is 8. The molecule has 0 spiro atoms. The maximum absolute atomic E-state index is 12.1. The Labute approximate surface area is 281 Å². The quantitative estimate of drug-likeness (QED) is 0.156. The van der Waals surface area contributed by atoms with Gasteiger partial charge in [-0.1, -0.05) is 91.0 Å². The standard InChI is InChI=1S/C42H27N5O2/c48-43-32-20-7-9-22-34(32)45(28-14-3-1-4-15-28)36-24-12-26-38-40(36)30-18-11-19-31-41-37(25-13-27-39(41)47(38)42(30)31)46(29-16-5-2-6-17-29)35-23-10-8-21-33(35)44-49/h1-27H. The molecule has 7 nitrogen and oxygen atoms in total. The highest BCUT2D eigenvalue weighted by atomic mass is 16.3. The second-order valence-electron chi connectivity index (χ2n) is 11.9. The summed E-state index contributed by atoms with van der Waals surface area (Å²) in [4.78, 5) is 28.4. The van der Waals surface area contributed by atoms with Crippen molar-refractivity contribution in [1.82, 2.24) is 4.40 Å². The first-order valence-electron chi connectivity index (χ1n) is 16.0.